The van der Waals surface area contributed by atoms with E-state index in [1.54, 1.807) is 7.11 Å². The summed E-state index contributed by atoms with van der Waals surface area (Å²) in [6.07, 6.45) is 0. The summed E-state index contributed by atoms with van der Waals surface area (Å²) in [4.78, 5) is 13.7. The van der Waals surface area contributed by atoms with Crippen LogP contribution >= 0.6 is 0 Å². The highest BCUT2D eigenvalue weighted by Crippen LogP contribution is 2.23. The SMILES string of the molecule is COc1ccc(N2CC(C)(C)NCC2=O)cc1. The Balaban J connectivity index is 2.21. The van der Waals surface area contributed by atoms with E-state index in [1.807, 2.05) is 29.2 Å². The van der Waals surface area contributed by atoms with Gasteiger partial charge in [-0.05, 0) is 38.1 Å². The molecular weight excluding hydrogens is 216 g/mol. The van der Waals surface area contributed by atoms with E-state index in [2.05, 4.69) is 19.2 Å². The van der Waals surface area contributed by atoms with Gasteiger partial charge in [-0.2, -0.15) is 0 Å². The predicted molar refractivity (Wildman–Crippen MR) is 67.4 cm³/mol. The van der Waals surface area contributed by atoms with Crippen molar-refractivity contribution in [3.63, 3.8) is 0 Å². The van der Waals surface area contributed by atoms with Crippen LogP contribution in [0.1, 0.15) is 13.8 Å². The molecule has 0 atom stereocenters. The molecule has 0 spiro atoms. The van der Waals surface area contributed by atoms with E-state index in [-0.39, 0.29) is 11.4 Å². The standard InChI is InChI=1S/C13H18N2O2/c1-13(2)9-15(12(16)8-14-13)10-4-6-11(17-3)7-5-10/h4-7,14H,8-9H2,1-3H3. The van der Waals surface area contributed by atoms with Gasteiger partial charge in [-0.25, -0.2) is 0 Å². The van der Waals surface area contributed by atoms with Crippen LogP contribution in [0.25, 0.3) is 0 Å². The molecule has 1 N–H and O–H groups in total. The summed E-state index contributed by atoms with van der Waals surface area (Å²) < 4.78 is 5.11. The fourth-order valence-corrected chi connectivity index (χ4v) is 1.95. The van der Waals surface area contributed by atoms with Gasteiger partial charge in [0.2, 0.25) is 5.91 Å². The van der Waals surface area contributed by atoms with Crippen molar-refractivity contribution in [2.45, 2.75) is 19.4 Å². The number of nitrogens with zero attached hydrogens (tertiary/aromatic N) is 1. The van der Waals surface area contributed by atoms with E-state index < -0.39 is 0 Å². The third kappa shape index (κ3) is 2.58. The van der Waals surface area contributed by atoms with Gasteiger partial charge in [0.1, 0.15) is 5.75 Å². The quantitative estimate of drug-likeness (QED) is 0.841. The number of amides is 1. The maximum atomic E-state index is 11.9. The average molecular weight is 234 g/mol. The molecule has 0 aromatic heterocycles. The Kier molecular flexibility index (Phi) is 3.07. The number of ether oxygens (including phenoxy) is 1. The number of methoxy groups -OCH3 is 1. The Hall–Kier alpha value is -1.55. The van der Waals surface area contributed by atoms with Crippen LogP contribution in [0.5, 0.6) is 5.75 Å². The summed E-state index contributed by atoms with van der Waals surface area (Å²) >= 11 is 0. The predicted octanol–water partition coefficient (Wildman–Crippen LogP) is 1.41. The largest absolute Gasteiger partial charge is 0.497 e. The molecule has 1 amide bonds. The van der Waals surface area contributed by atoms with Crippen molar-refractivity contribution in [3.8, 4) is 5.75 Å². The van der Waals surface area contributed by atoms with E-state index in [4.69, 9.17) is 4.74 Å². The number of anilines is 1. The zero-order chi connectivity index (χ0) is 12.5. The van der Waals surface area contributed by atoms with Crippen molar-refractivity contribution in [1.29, 1.82) is 0 Å². The molecule has 1 aliphatic rings. The highest BCUT2D eigenvalue weighted by molar-refractivity contribution is 5.95. The minimum atomic E-state index is -0.0478. The van der Waals surface area contributed by atoms with Crippen LogP contribution in [0.3, 0.4) is 0 Å². The fraction of sp³-hybridized carbons (Fsp3) is 0.462. The van der Waals surface area contributed by atoms with Crippen LogP contribution in [-0.2, 0) is 4.79 Å². The first-order chi connectivity index (χ1) is 8.02. The Morgan fingerprint density at radius 3 is 2.53 bits per heavy atom. The number of carbonyl (C=O) groups is 1. The maximum Gasteiger partial charge on any atom is 0.241 e. The lowest BCUT2D eigenvalue weighted by molar-refractivity contribution is -0.119. The Labute approximate surface area is 102 Å². The molecule has 1 aromatic rings. The second-order valence-corrected chi connectivity index (χ2v) is 4.92. The van der Waals surface area contributed by atoms with Gasteiger partial charge in [0, 0.05) is 17.8 Å². The molecule has 0 bridgehead atoms. The topological polar surface area (TPSA) is 41.6 Å². The molecule has 1 heterocycles. The Morgan fingerprint density at radius 1 is 1.29 bits per heavy atom. The van der Waals surface area contributed by atoms with Gasteiger partial charge in [-0.1, -0.05) is 0 Å². The second-order valence-electron chi connectivity index (χ2n) is 4.92. The highest BCUT2D eigenvalue weighted by atomic mass is 16.5. The first-order valence-corrected chi connectivity index (χ1v) is 5.71. The van der Waals surface area contributed by atoms with Gasteiger partial charge < -0.3 is 15.0 Å². The van der Waals surface area contributed by atoms with Gasteiger partial charge in [-0.15, -0.1) is 0 Å². The normalized spacial score (nSPS) is 19.2. The average Bonchev–Trinajstić information content (AvgIpc) is 2.33. The van der Waals surface area contributed by atoms with Crippen LogP contribution < -0.4 is 15.0 Å². The van der Waals surface area contributed by atoms with Crippen LogP contribution in [0.15, 0.2) is 24.3 Å². The fourth-order valence-electron chi connectivity index (χ4n) is 1.95. The number of hydrogen-bond acceptors (Lipinski definition) is 3. The maximum absolute atomic E-state index is 11.9. The van der Waals surface area contributed by atoms with Crippen molar-refractivity contribution in [2.24, 2.45) is 0 Å². The lowest BCUT2D eigenvalue weighted by Gasteiger charge is -2.38. The lowest BCUT2D eigenvalue weighted by atomic mass is 10.0. The summed E-state index contributed by atoms with van der Waals surface area (Å²) in [6.45, 7) is 5.25. The summed E-state index contributed by atoms with van der Waals surface area (Å²) in [5.41, 5.74) is 0.874. The van der Waals surface area contributed by atoms with Gasteiger partial charge in [0.05, 0.1) is 13.7 Å². The summed E-state index contributed by atoms with van der Waals surface area (Å²) in [5.74, 6) is 0.907. The molecular formula is C13H18N2O2. The third-order valence-corrected chi connectivity index (χ3v) is 2.96. The van der Waals surface area contributed by atoms with Crippen LogP contribution in [0, 0.1) is 0 Å². The molecule has 1 aliphatic heterocycles. The van der Waals surface area contributed by atoms with Crippen molar-refractivity contribution in [3.05, 3.63) is 24.3 Å². The highest BCUT2D eigenvalue weighted by Gasteiger charge is 2.31. The smallest absolute Gasteiger partial charge is 0.241 e. The minimum Gasteiger partial charge on any atom is -0.497 e. The van der Waals surface area contributed by atoms with Gasteiger partial charge >= 0.3 is 0 Å². The number of hydrogen-bond donors (Lipinski definition) is 1. The third-order valence-electron chi connectivity index (χ3n) is 2.96. The number of carbonyl (C=O) groups excluding carboxylic acids is 1. The van der Waals surface area contributed by atoms with Gasteiger partial charge in [0.25, 0.3) is 0 Å². The number of benzene rings is 1. The summed E-state index contributed by atoms with van der Waals surface area (Å²) in [7, 11) is 1.63. The number of rotatable bonds is 2. The molecule has 0 radical (unpaired) electrons. The molecule has 0 aliphatic carbocycles. The first kappa shape index (κ1) is 11.9. The molecule has 17 heavy (non-hydrogen) atoms. The monoisotopic (exact) mass is 234 g/mol. The summed E-state index contributed by atoms with van der Waals surface area (Å²) in [5, 5.41) is 3.21. The van der Waals surface area contributed by atoms with Crippen LogP contribution in [0.4, 0.5) is 5.69 Å². The Morgan fingerprint density at radius 2 is 1.94 bits per heavy atom. The van der Waals surface area contributed by atoms with Crippen molar-refractivity contribution < 1.29 is 9.53 Å². The molecule has 0 unspecified atom stereocenters. The number of piperazine rings is 1. The summed E-state index contributed by atoms with van der Waals surface area (Å²) in [6, 6.07) is 7.57. The second kappa shape index (κ2) is 4.37. The van der Waals surface area contributed by atoms with Gasteiger partial charge in [0.15, 0.2) is 0 Å². The van der Waals surface area contributed by atoms with E-state index >= 15 is 0 Å². The van der Waals surface area contributed by atoms with E-state index in [1.165, 1.54) is 0 Å². The van der Waals surface area contributed by atoms with Crippen LogP contribution in [0.2, 0.25) is 0 Å². The van der Waals surface area contributed by atoms with E-state index in [0.29, 0.717) is 13.1 Å². The molecule has 0 saturated carbocycles. The van der Waals surface area contributed by atoms with Crippen LogP contribution in [-0.4, -0.2) is 31.6 Å². The molecule has 1 fully saturated rings. The van der Waals surface area contributed by atoms with Crippen molar-refractivity contribution in [2.75, 3.05) is 25.1 Å². The van der Waals surface area contributed by atoms with Gasteiger partial charge in [-0.3, -0.25) is 4.79 Å². The van der Waals surface area contributed by atoms with E-state index in [0.717, 1.165) is 11.4 Å². The molecule has 4 nitrogen and oxygen atoms in total. The molecule has 1 saturated heterocycles. The zero-order valence-electron chi connectivity index (χ0n) is 10.5. The zero-order valence-corrected chi connectivity index (χ0v) is 10.5. The van der Waals surface area contributed by atoms with Crippen molar-refractivity contribution in [1.82, 2.24) is 5.32 Å². The van der Waals surface area contributed by atoms with Crippen molar-refractivity contribution >= 4 is 11.6 Å². The first-order valence-electron chi connectivity index (χ1n) is 5.71. The van der Waals surface area contributed by atoms with E-state index in [9.17, 15) is 4.79 Å². The molecule has 1 aromatic carbocycles. The minimum absolute atomic E-state index is 0.0478. The molecule has 2 rings (SSSR count). The molecule has 4 heteroatoms. The lowest BCUT2D eigenvalue weighted by Crippen LogP contribution is -2.59. The molecule has 92 valence electrons. The number of nitrogens with one attached hydrogen (secondary N) is 1. The Bertz CT molecular complexity index is 412.